The van der Waals surface area contributed by atoms with Gasteiger partial charge in [0.15, 0.2) is 5.78 Å². The number of carbonyl (C=O) groups is 1. The molecule has 0 bridgehead atoms. The highest BCUT2D eigenvalue weighted by atomic mass is 16.1. The minimum atomic E-state index is 0.218. The molecule has 3 nitrogen and oxygen atoms in total. The Kier molecular flexibility index (Phi) is 4.60. The van der Waals surface area contributed by atoms with Crippen molar-refractivity contribution in [2.75, 3.05) is 20.6 Å². The summed E-state index contributed by atoms with van der Waals surface area (Å²) in [4.78, 5) is 13.9. The molecule has 0 fully saturated rings. The SMILES string of the molecule is CNC(CN(C)C1=C(C(C)C)C(=O)C1)C(C)(C)C. The second kappa shape index (κ2) is 5.43. The van der Waals surface area contributed by atoms with Gasteiger partial charge < -0.3 is 10.2 Å². The Hall–Kier alpha value is -0.830. The zero-order valence-corrected chi connectivity index (χ0v) is 12.9. The number of hydrogen-bond donors (Lipinski definition) is 1. The summed E-state index contributed by atoms with van der Waals surface area (Å²) in [6, 6.07) is 0.416. The fourth-order valence-electron chi connectivity index (χ4n) is 2.57. The van der Waals surface area contributed by atoms with Gasteiger partial charge in [-0.05, 0) is 18.4 Å². The predicted molar refractivity (Wildman–Crippen MR) is 76.4 cm³/mol. The molecule has 1 aliphatic rings. The lowest BCUT2D eigenvalue weighted by Gasteiger charge is -2.39. The summed E-state index contributed by atoms with van der Waals surface area (Å²) in [7, 11) is 4.10. The summed E-state index contributed by atoms with van der Waals surface area (Å²) >= 11 is 0. The molecule has 0 saturated carbocycles. The lowest BCUT2D eigenvalue weighted by molar-refractivity contribution is -0.117. The monoisotopic (exact) mass is 252 g/mol. The molecular weight excluding hydrogens is 224 g/mol. The normalized spacial score (nSPS) is 18.1. The van der Waals surface area contributed by atoms with Gasteiger partial charge in [-0.25, -0.2) is 0 Å². The van der Waals surface area contributed by atoms with Crippen LogP contribution in [-0.4, -0.2) is 37.4 Å². The van der Waals surface area contributed by atoms with Crippen LogP contribution in [0.4, 0.5) is 0 Å². The van der Waals surface area contributed by atoms with Crippen molar-refractivity contribution < 1.29 is 4.79 Å². The molecule has 1 N–H and O–H groups in total. The lowest BCUT2D eigenvalue weighted by atomic mass is 9.82. The molecule has 104 valence electrons. The van der Waals surface area contributed by atoms with Gasteiger partial charge in [0.25, 0.3) is 0 Å². The van der Waals surface area contributed by atoms with Crippen molar-refractivity contribution in [3.8, 4) is 0 Å². The van der Waals surface area contributed by atoms with E-state index in [-0.39, 0.29) is 5.41 Å². The Balaban J connectivity index is 2.78. The first-order valence-electron chi connectivity index (χ1n) is 6.83. The first-order chi connectivity index (χ1) is 8.18. The molecule has 0 aromatic carbocycles. The summed E-state index contributed by atoms with van der Waals surface area (Å²) in [5.74, 6) is 0.662. The number of ketones is 1. The highest BCUT2D eigenvalue weighted by molar-refractivity contribution is 6.04. The first-order valence-corrected chi connectivity index (χ1v) is 6.83. The van der Waals surface area contributed by atoms with E-state index in [1.54, 1.807) is 0 Å². The van der Waals surface area contributed by atoms with Gasteiger partial charge in [0, 0.05) is 30.9 Å². The molecule has 1 aliphatic carbocycles. The summed E-state index contributed by atoms with van der Waals surface area (Å²) < 4.78 is 0. The minimum Gasteiger partial charge on any atom is -0.376 e. The van der Waals surface area contributed by atoms with Gasteiger partial charge in [0.2, 0.25) is 0 Å². The number of carbonyl (C=O) groups excluding carboxylic acids is 1. The maximum atomic E-state index is 11.6. The molecule has 0 amide bonds. The van der Waals surface area contributed by atoms with Crippen LogP contribution in [0.25, 0.3) is 0 Å². The maximum absolute atomic E-state index is 11.6. The van der Waals surface area contributed by atoms with Crippen molar-refractivity contribution in [3.63, 3.8) is 0 Å². The Labute approximate surface area is 112 Å². The smallest absolute Gasteiger partial charge is 0.166 e. The number of hydrogen-bond acceptors (Lipinski definition) is 3. The van der Waals surface area contributed by atoms with E-state index in [4.69, 9.17) is 0 Å². The quantitative estimate of drug-likeness (QED) is 0.815. The van der Waals surface area contributed by atoms with Crippen molar-refractivity contribution in [2.24, 2.45) is 11.3 Å². The van der Waals surface area contributed by atoms with Crippen LogP contribution in [0, 0.1) is 11.3 Å². The molecule has 18 heavy (non-hydrogen) atoms. The largest absolute Gasteiger partial charge is 0.376 e. The molecule has 0 saturated heterocycles. The second-order valence-corrected chi connectivity index (χ2v) is 6.70. The highest BCUT2D eigenvalue weighted by Crippen LogP contribution is 2.32. The van der Waals surface area contributed by atoms with Crippen molar-refractivity contribution in [1.82, 2.24) is 10.2 Å². The van der Waals surface area contributed by atoms with Crippen LogP contribution in [-0.2, 0) is 4.79 Å². The fraction of sp³-hybridized carbons (Fsp3) is 0.800. The molecule has 3 heteroatoms. The van der Waals surface area contributed by atoms with Crippen LogP contribution in [0.5, 0.6) is 0 Å². The van der Waals surface area contributed by atoms with E-state index in [2.05, 4.69) is 51.9 Å². The van der Waals surface area contributed by atoms with Crippen LogP contribution in [0.15, 0.2) is 11.3 Å². The van der Waals surface area contributed by atoms with Crippen molar-refractivity contribution in [1.29, 1.82) is 0 Å². The van der Waals surface area contributed by atoms with Gasteiger partial charge in [-0.1, -0.05) is 34.6 Å². The average Bonchev–Trinajstić information content (AvgIpc) is 2.19. The molecule has 0 aromatic rings. The predicted octanol–water partition coefficient (Wildman–Crippen LogP) is 2.44. The van der Waals surface area contributed by atoms with Gasteiger partial charge in [-0.15, -0.1) is 0 Å². The summed E-state index contributed by atoms with van der Waals surface area (Å²) in [6.45, 7) is 11.9. The number of Topliss-reactive ketones (excluding diaryl/α,β-unsaturated/α-hetero) is 1. The summed E-state index contributed by atoms with van der Waals surface area (Å²) in [5.41, 5.74) is 2.48. The van der Waals surface area contributed by atoms with Crippen LogP contribution in [0.3, 0.4) is 0 Å². The molecule has 0 aromatic heterocycles. The zero-order chi connectivity index (χ0) is 14.1. The molecule has 0 aliphatic heterocycles. The van der Waals surface area contributed by atoms with Crippen LogP contribution < -0.4 is 5.32 Å². The van der Waals surface area contributed by atoms with E-state index >= 15 is 0 Å². The molecule has 0 radical (unpaired) electrons. The molecule has 0 heterocycles. The first kappa shape index (κ1) is 15.2. The number of nitrogens with zero attached hydrogens (tertiary/aromatic N) is 1. The van der Waals surface area contributed by atoms with E-state index in [1.807, 2.05) is 7.05 Å². The Morgan fingerprint density at radius 3 is 2.22 bits per heavy atom. The van der Waals surface area contributed by atoms with E-state index in [0.717, 1.165) is 12.1 Å². The maximum Gasteiger partial charge on any atom is 0.166 e. The van der Waals surface area contributed by atoms with Gasteiger partial charge in [0.05, 0.1) is 6.42 Å². The van der Waals surface area contributed by atoms with E-state index in [9.17, 15) is 4.79 Å². The summed E-state index contributed by atoms with van der Waals surface area (Å²) in [6.07, 6.45) is 0.616. The highest BCUT2D eigenvalue weighted by Gasteiger charge is 2.33. The number of nitrogens with one attached hydrogen (secondary N) is 1. The number of allylic oxidation sites excluding steroid dienone is 2. The van der Waals surface area contributed by atoms with Crippen LogP contribution in [0.1, 0.15) is 41.0 Å². The standard InChI is InChI=1S/C15H28N2O/c1-10(2)14-11(8-12(14)18)17(7)9-13(16-6)15(3,4)5/h10,13,16H,8-9H2,1-7H3. The number of likely N-dealkylation sites (N-methyl/N-ethyl adjacent to an activating group) is 2. The van der Waals surface area contributed by atoms with E-state index in [1.165, 1.54) is 5.70 Å². The van der Waals surface area contributed by atoms with Gasteiger partial charge in [-0.2, -0.15) is 0 Å². The molecule has 0 spiro atoms. The molecule has 1 rings (SSSR count). The van der Waals surface area contributed by atoms with Crippen molar-refractivity contribution in [2.45, 2.75) is 47.1 Å². The Morgan fingerprint density at radius 2 is 1.89 bits per heavy atom. The Morgan fingerprint density at radius 1 is 1.33 bits per heavy atom. The van der Waals surface area contributed by atoms with Gasteiger partial charge in [-0.3, -0.25) is 4.79 Å². The molecule has 1 atom stereocenters. The van der Waals surface area contributed by atoms with Crippen molar-refractivity contribution in [3.05, 3.63) is 11.3 Å². The summed E-state index contributed by atoms with van der Waals surface area (Å²) in [5, 5.41) is 3.38. The second-order valence-electron chi connectivity index (χ2n) is 6.70. The van der Waals surface area contributed by atoms with Crippen LogP contribution >= 0.6 is 0 Å². The molecule has 1 unspecified atom stereocenters. The Bertz CT molecular complexity index is 350. The average molecular weight is 252 g/mol. The third kappa shape index (κ3) is 3.14. The van der Waals surface area contributed by atoms with E-state index < -0.39 is 0 Å². The topological polar surface area (TPSA) is 32.3 Å². The van der Waals surface area contributed by atoms with Gasteiger partial charge in [0.1, 0.15) is 0 Å². The fourth-order valence-corrected chi connectivity index (χ4v) is 2.57. The third-order valence-corrected chi connectivity index (χ3v) is 3.83. The molecular formula is C15H28N2O. The third-order valence-electron chi connectivity index (χ3n) is 3.83. The zero-order valence-electron chi connectivity index (χ0n) is 12.9. The minimum absolute atomic E-state index is 0.218. The van der Waals surface area contributed by atoms with Crippen molar-refractivity contribution >= 4 is 5.78 Å². The number of rotatable bonds is 5. The van der Waals surface area contributed by atoms with Gasteiger partial charge >= 0.3 is 0 Å². The van der Waals surface area contributed by atoms with Crippen LogP contribution in [0.2, 0.25) is 0 Å². The lowest BCUT2D eigenvalue weighted by Crippen LogP contribution is -2.47. The van der Waals surface area contributed by atoms with E-state index in [0.29, 0.717) is 24.2 Å².